The number of nitrogens with zero attached hydrogens (tertiary/aromatic N) is 1. The Kier molecular flexibility index (Phi) is 4.66. The highest BCUT2D eigenvalue weighted by atomic mass is 35.5. The molecule has 0 aliphatic carbocycles. The minimum atomic E-state index is -1.34. The zero-order valence-electron chi connectivity index (χ0n) is 16.1. The maximum atomic E-state index is 13.4. The maximum absolute atomic E-state index is 13.4. The number of aliphatic carboxylic acids is 1. The number of nitrogens with one attached hydrogen (secondary N) is 1. The number of carboxylic acid groups (broad SMARTS) is 1. The van der Waals surface area contributed by atoms with Crippen molar-refractivity contribution < 1.29 is 29.6 Å². The van der Waals surface area contributed by atoms with Gasteiger partial charge in [-0.25, -0.2) is 0 Å². The molecule has 2 fully saturated rings. The lowest BCUT2D eigenvalue weighted by atomic mass is 9.76. The van der Waals surface area contributed by atoms with Gasteiger partial charge in [0.2, 0.25) is 17.4 Å². The van der Waals surface area contributed by atoms with Gasteiger partial charge in [-0.05, 0) is 38.0 Å². The molecule has 0 bridgehead atoms. The number of rotatable bonds is 5. The van der Waals surface area contributed by atoms with Gasteiger partial charge in [-0.3, -0.25) is 19.3 Å². The van der Waals surface area contributed by atoms with Crippen LogP contribution in [-0.4, -0.2) is 40.7 Å². The molecule has 3 aliphatic heterocycles. The van der Waals surface area contributed by atoms with Crippen LogP contribution in [0.2, 0.25) is 5.02 Å². The molecule has 154 valence electrons. The highest BCUT2D eigenvalue weighted by Gasteiger charge is 2.74. The smallest absolute Gasteiger partial charge is 0.291 e. The van der Waals surface area contributed by atoms with E-state index in [1.165, 1.54) is 4.90 Å². The van der Waals surface area contributed by atoms with Gasteiger partial charge >= 0.3 is 0 Å². The van der Waals surface area contributed by atoms with Crippen LogP contribution >= 0.6 is 11.6 Å². The highest BCUT2D eigenvalue weighted by Crippen LogP contribution is 2.50. The molecule has 3 amide bonds. The van der Waals surface area contributed by atoms with Gasteiger partial charge < -0.3 is 20.5 Å². The second-order valence-electron chi connectivity index (χ2n) is 8.06. The minimum Gasteiger partial charge on any atom is -0.550 e. The summed E-state index contributed by atoms with van der Waals surface area (Å²) in [5.74, 6) is -4.01. The van der Waals surface area contributed by atoms with Crippen LogP contribution in [0.3, 0.4) is 0 Å². The Morgan fingerprint density at radius 1 is 1.34 bits per heavy atom. The standard InChI is InChI=1S/C20H22ClN3O5/c1-3-9(2)24-17(27)15-13(6-7-14(25)26)23-20(16(15)18(24)28)11-8-10(21)4-5-12(11)22-19(20)29/h4-5,8-9,13,15-16,23H,3,6-7H2,1-2H3,(H,22,29)(H,25,26)/t9-,13+,15-,16+,20-/m1/s1. The van der Waals surface area contributed by atoms with Crippen molar-refractivity contribution in [2.75, 3.05) is 5.32 Å². The van der Waals surface area contributed by atoms with E-state index < -0.39 is 29.4 Å². The van der Waals surface area contributed by atoms with Gasteiger partial charge in [-0.1, -0.05) is 18.5 Å². The van der Waals surface area contributed by atoms with Crippen molar-refractivity contribution in [3.8, 4) is 0 Å². The Morgan fingerprint density at radius 3 is 2.72 bits per heavy atom. The Bertz CT molecular complexity index is 935. The van der Waals surface area contributed by atoms with Crippen LogP contribution in [0.4, 0.5) is 5.69 Å². The van der Waals surface area contributed by atoms with Crippen LogP contribution in [-0.2, 0) is 24.7 Å². The van der Waals surface area contributed by atoms with Crippen LogP contribution in [0.5, 0.6) is 0 Å². The molecular formula is C20H22ClN3O5. The Morgan fingerprint density at radius 2 is 2.07 bits per heavy atom. The summed E-state index contributed by atoms with van der Waals surface area (Å²) in [5.41, 5.74) is -0.221. The summed E-state index contributed by atoms with van der Waals surface area (Å²) >= 11 is 6.18. The molecule has 1 aromatic rings. The molecule has 0 aromatic heterocycles. The fraction of sp³-hybridized carbons (Fsp3) is 0.500. The topological polar surface area (TPSA) is 123 Å². The molecular weight excluding hydrogens is 398 g/mol. The number of nitrogens with two attached hydrogens (primary N) is 1. The second kappa shape index (κ2) is 6.81. The third kappa shape index (κ3) is 2.69. The summed E-state index contributed by atoms with van der Waals surface area (Å²) in [6.45, 7) is 3.68. The van der Waals surface area contributed by atoms with Gasteiger partial charge in [-0.2, -0.15) is 0 Å². The predicted molar refractivity (Wildman–Crippen MR) is 100 cm³/mol. The van der Waals surface area contributed by atoms with Crippen molar-refractivity contribution in [1.29, 1.82) is 0 Å². The van der Waals surface area contributed by atoms with Gasteiger partial charge in [0, 0.05) is 29.0 Å². The van der Waals surface area contributed by atoms with Gasteiger partial charge in [0.05, 0.1) is 5.69 Å². The minimum absolute atomic E-state index is 0.127. The molecule has 3 aliphatic rings. The lowest BCUT2D eigenvalue weighted by Crippen LogP contribution is -2.99. The molecule has 9 heteroatoms. The first-order chi connectivity index (χ1) is 13.7. The van der Waals surface area contributed by atoms with E-state index in [0.29, 0.717) is 22.7 Å². The summed E-state index contributed by atoms with van der Waals surface area (Å²) in [7, 11) is 0. The van der Waals surface area contributed by atoms with E-state index in [1.54, 1.807) is 30.4 Å². The number of carbonyl (C=O) groups is 4. The van der Waals surface area contributed by atoms with Gasteiger partial charge in [0.15, 0.2) is 0 Å². The van der Waals surface area contributed by atoms with Crippen LogP contribution in [0.25, 0.3) is 0 Å². The first-order valence-electron chi connectivity index (χ1n) is 9.76. The van der Waals surface area contributed by atoms with Crippen LogP contribution in [0, 0.1) is 11.8 Å². The van der Waals surface area contributed by atoms with Gasteiger partial charge in [0.25, 0.3) is 5.91 Å². The number of likely N-dealkylation sites (tertiary alicyclic amines) is 1. The van der Waals surface area contributed by atoms with Crippen LogP contribution in [0.15, 0.2) is 18.2 Å². The molecule has 5 atom stereocenters. The maximum Gasteiger partial charge on any atom is 0.291 e. The Hall–Kier alpha value is -2.45. The predicted octanol–water partition coefficient (Wildman–Crippen LogP) is -0.637. The molecule has 3 N–H and O–H groups in total. The number of fused-ring (bicyclic) bond motifs is 4. The van der Waals surface area contributed by atoms with E-state index in [2.05, 4.69) is 5.32 Å². The third-order valence-corrected chi connectivity index (χ3v) is 6.81. The number of carboxylic acids is 1. The summed E-state index contributed by atoms with van der Waals surface area (Å²) in [5, 5.41) is 16.0. The molecule has 1 spiro atoms. The van der Waals surface area contributed by atoms with E-state index in [4.69, 9.17) is 11.6 Å². The summed E-state index contributed by atoms with van der Waals surface area (Å²) in [6, 6.07) is 4.14. The molecule has 0 radical (unpaired) electrons. The van der Waals surface area contributed by atoms with Crippen LogP contribution < -0.4 is 15.7 Å². The quantitative estimate of drug-likeness (QED) is 0.615. The SMILES string of the molecule is CC[C@@H](C)N1C(=O)[C@@H]2[C@H](CCC(=O)[O-])[NH2+][C@@]3(C(=O)Nc4ccc(Cl)cc43)[C@@H]2C1=O. The number of quaternary nitrogens is 1. The molecule has 3 heterocycles. The number of carbonyl (C=O) groups excluding carboxylic acids is 4. The molecule has 4 rings (SSSR count). The number of imide groups is 1. The fourth-order valence-electron chi connectivity index (χ4n) is 5.12. The number of hydrogen-bond donors (Lipinski definition) is 2. The normalized spacial score (nSPS) is 31.2. The molecule has 0 saturated carbocycles. The number of anilines is 1. The van der Waals surface area contributed by atoms with E-state index in [-0.39, 0.29) is 36.6 Å². The Balaban J connectivity index is 1.85. The average Bonchev–Trinajstić information content (AvgIpc) is 3.25. The van der Waals surface area contributed by atoms with Crippen molar-refractivity contribution in [3.63, 3.8) is 0 Å². The van der Waals surface area contributed by atoms with Crippen molar-refractivity contribution in [2.24, 2.45) is 11.8 Å². The first-order valence-corrected chi connectivity index (χ1v) is 10.1. The summed E-state index contributed by atoms with van der Waals surface area (Å²) in [6.07, 6.45) is 0.461. The number of benzene rings is 1. The van der Waals surface area contributed by atoms with Crippen molar-refractivity contribution in [2.45, 2.75) is 50.7 Å². The second-order valence-corrected chi connectivity index (χ2v) is 8.50. The molecule has 29 heavy (non-hydrogen) atoms. The zero-order chi connectivity index (χ0) is 21.1. The van der Waals surface area contributed by atoms with E-state index in [0.717, 1.165) is 0 Å². The van der Waals surface area contributed by atoms with E-state index in [1.807, 2.05) is 6.92 Å². The monoisotopic (exact) mass is 419 g/mol. The largest absolute Gasteiger partial charge is 0.550 e. The zero-order valence-corrected chi connectivity index (χ0v) is 16.9. The lowest BCUT2D eigenvalue weighted by molar-refractivity contribution is -0.734. The Labute approximate surface area is 172 Å². The van der Waals surface area contributed by atoms with Crippen LogP contribution in [0.1, 0.15) is 38.7 Å². The third-order valence-electron chi connectivity index (χ3n) is 6.58. The molecule has 8 nitrogen and oxygen atoms in total. The molecule has 1 aromatic carbocycles. The summed E-state index contributed by atoms with van der Waals surface area (Å²) in [4.78, 5) is 52.2. The first kappa shape index (κ1) is 19.8. The van der Waals surface area contributed by atoms with Crippen molar-refractivity contribution in [1.82, 2.24) is 4.90 Å². The highest BCUT2D eigenvalue weighted by molar-refractivity contribution is 6.31. The van der Waals surface area contributed by atoms with E-state index >= 15 is 0 Å². The molecule has 0 unspecified atom stereocenters. The molecule has 2 saturated heterocycles. The number of amides is 3. The number of hydrogen-bond acceptors (Lipinski definition) is 5. The average molecular weight is 420 g/mol. The summed E-state index contributed by atoms with van der Waals surface area (Å²) < 4.78 is 0. The fourth-order valence-corrected chi connectivity index (χ4v) is 5.30. The van der Waals surface area contributed by atoms with Crippen molar-refractivity contribution in [3.05, 3.63) is 28.8 Å². The number of halogens is 1. The van der Waals surface area contributed by atoms with Crippen molar-refractivity contribution >= 4 is 41.0 Å². The lowest BCUT2D eigenvalue weighted by Gasteiger charge is -2.28. The van der Waals surface area contributed by atoms with E-state index in [9.17, 15) is 24.3 Å². The van der Waals surface area contributed by atoms with Gasteiger partial charge in [0.1, 0.15) is 17.9 Å². The van der Waals surface area contributed by atoms with Gasteiger partial charge in [-0.15, -0.1) is 0 Å².